The van der Waals surface area contributed by atoms with Gasteiger partial charge in [0, 0.05) is 32.1 Å². The van der Waals surface area contributed by atoms with Crippen LogP contribution in [0.4, 0.5) is 0 Å². The van der Waals surface area contributed by atoms with Crippen molar-refractivity contribution in [3.63, 3.8) is 0 Å². The summed E-state index contributed by atoms with van der Waals surface area (Å²) in [5, 5.41) is 1.78. The minimum Gasteiger partial charge on any atom is -0.378 e. The number of rotatable bonds is 4. The van der Waals surface area contributed by atoms with Crippen molar-refractivity contribution in [2.24, 2.45) is 11.8 Å². The van der Waals surface area contributed by atoms with Crippen LogP contribution in [0.3, 0.4) is 0 Å². The zero-order valence-corrected chi connectivity index (χ0v) is 15.5. The molecule has 2 fully saturated rings. The van der Waals surface area contributed by atoms with Crippen LogP contribution in [0.5, 0.6) is 0 Å². The molecule has 0 unspecified atom stereocenters. The molecule has 0 radical (unpaired) electrons. The highest BCUT2D eigenvalue weighted by atomic mass is 32.2. The molecule has 6 nitrogen and oxygen atoms in total. The van der Waals surface area contributed by atoms with Gasteiger partial charge >= 0.3 is 0 Å². The first-order chi connectivity index (χ1) is 11.5. The highest BCUT2D eigenvalue weighted by molar-refractivity contribution is 7.91. The summed E-state index contributed by atoms with van der Waals surface area (Å²) in [5.41, 5.74) is 0. The van der Waals surface area contributed by atoms with Crippen LogP contribution < -0.4 is 0 Å². The van der Waals surface area contributed by atoms with E-state index in [-0.39, 0.29) is 17.7 Å². The van der Waals surface area contributed by atoms with E-state index in [0.717, 1.165) is 12.8 Å². The molecule has 24 heavy (non-hydrogen) atoms. The van der Waals surface area contributed by atoms with Crippen LogP contribution in [0.2, 0.25) is 0 Å². The molecule has 1 amide bonds. The topological polar surface area (TPSA) is 66.9 Å². The molecule has 0 aromatic carbocycles. The fraction of sp³-hybridized carbons (Fsp3) is 0.688. The highest BCUT2D eigenvalue weighted by Crippen LogP contribution is 2.30. The van der Waals surface area contributed by atoms with Gasteiger partial charge in [-0.1, -0.05) is 13.0 Å². The molecule has 3 heterocycles. The van der Waals surface area contributed by atoms with Crippen molar-refractivity contribution < 1.29 is 17.9 Å². The summed E-state index contributed by atoms with van der Waals surface area (Å²) in [4.78, 5) is 14.5. The first-order valence-electron chi connectivity index (χ1n) is 8.40. The van der Waals surface area contributed by atoms with Crippen molar-refractivity contribution >= 4 is 27.3 Å². The highest BCUT2D eigenvalue weighted by Gasteiger charge is 2.35. The molecule has 2 saturated heterocycles. The van der Waals surface area contributed by atoms with Crippen molar-refractivity contribution in [3.05, 3.63) is 17.5 Å². The van der Waals surface area contributed by atoms with Gasteiger partial charge in [-0.2, -0.15) is 4.31 Å². The van der Waals surface area contributed by atoms with Gasteiger partial charge in [-0.05, 0) is 30.2 Å². The summed E-state index contributed by atoms with van der Waals surface area (Å²) in [6.07, 6.45) is 1.48. The summed E-state index contributed by atoms with van der Waals surface area (Å²) < 4.78 is 32.4. The average molecular weight is 373 g/mol. The van der Waals surface area contributed by atoms with Crippen LogP contribution in [0.15, 0.2) is 21.7 Å². The number of carbonyl (C=O) groups excluding carboxylic acids is 1. The van der Waals surface area contributed by atoms with Crippen LogP contribution in [0.1, 0.15) is 19.8 Å². The van der Waals surface area contributed by atoms with E-state index in [1.165, 1.54) is 11.3 Å². The molecule has 0 saturated carbocycles. The van der Waals surface area contributed by atoms with Crippen molar-refractivity contribution in [1.82, 2.24) is 9.21 Å². The second-order valence-corrected chi connectivity index (χ2v) is 9.51. The van der Waals surface area contributed by atoms with Crippen LogP contribution >= 0.6 is 11.3 Å². The molecule has 0 aliphatic carbocycles. The Morgan fingerprint density at radius 1 is 1.25 bits per heavy atom. The summed E-state index contributed by atoms with van der Waals surface area (Å²) in [5.74, 6) is 0.364. The van der Waals surface area contributed by atoms with Gasteiger partial charge in [-0.25, -0.2) is 8.42 Å². The Labute approximate surface area is 147 Å². The Balaban J connectivity index is 1.57. The first kappa shape index (κ1) is 17.8. The van der Waals surface area contributed by atoms with Gasteiger partial charge in [-0.3, -0.25) is 4.79 Å². The minimum absolute atomic E-state index is 0.0605. The monoisotopic (exact) mass is 372 g/mol. The third-order valence-corrected chi connectivity index (χ3v) is 8.28. The summed E-state index contributed by atoms with van der Waals surface area (Å²) >= 11 is 1.25. The number of hydrogen-bond donors (Lipinski definition) is 0. The number of nitrogens with zero attached hydrogens (tertiary/aromatic N) is 2. The van der Waals surface area contributed by atoms with Gasteiger partial charge in [0.1, 0.15) is 4.21 Å². The maximum absolute atomic E-state index is 12.6. The third kappa shape index (κ3) is 3.66. The SMILES string of the molecule is C[C@H](C(=O)N1CCOCC1)C1CCN(S(=O)(=O)c2cccs2)CC1. The average Bonchev–Trinajstić information content (AvgIpc) is 3.17. The van der Waals surface area contributed by atoms with E-state index in [1.807, 2.05) is 11.8 Å². The fourth-order valence-corrected chi connectivity index (χ4v) is 6.04. The molecule has 0 N–H and O–H groups in total. The lowest BCUT2D eigenvalue weighted by molar-refractivity contribution is -0.141. The van der Waals surface area contributed by atoms with E-state index in [9.17, 15) is 13.2 Å². The summed E-state index contributed by atoms with van der Waals surface area (Å²) in [7, 11) is -3.37. The van der Waals surface area contributed by atoms with Gasteiger partial charge < -0.3 is 9.64 Å². The van der Waals surface area contributed by atoms with Crippen molar-refractivity contribution in [3.8, 4) is 0 Å². The fourth-order valence-electron chi connectivity index (χ4n) is 3.43. The van der Waals surface area contributed by atoms with Crippen LogP contribution in [-0.2, 0) is 19.6 Å². The van der Waals surface area contributed by atoms with Crippen LogP contribution in [0, 0.1) is 11.8 Å². The molecule has 1 atom stereocenters. The number of amides is 1. The second-order valence-electron chi connectivity index (χ2n) is 6.40. The predicted molar refractivity (Wildman–Crippen MR) is 92.4 cm³/mol. The normalized spacial score (nSPS) is 22.5. The molecule has 8 heteroatoms. The molecular formula is C16H24N2O4S2. The Morgan fingerprint density at radius 3 is 2.50 bits per heavy atom. The summed E-state index contributed by atoms with van der Waals surface area (Å²) in [6, 6.07) is 3.41. The lowest BCUT2D eigenvalue weighted by atomic mass is 9.85. The molecule has 0 bridgehead atoms. The Bertz CT molecular complexity index is 646. The molecule has 2 aliphatic rings. The molecule has 3 rings (SSSR count). The maximum atomic E-state index is 12.6. The number of thiophene rings is 1. The summed E-state index contributed by atoms with van der Waals surface area (Å²) in [6.45, 7) is 5.50. The zero-order valence-electron chi connectivity index (χ0n) is 13.9. The van der Waals surface area contributed by atoms with Gasteiger partial charge in [0.25, 0.3) is 10.0 Å². The Kier molecular flexibility index (Phi) is 5.59. The van der Waals surface area contributed by atoms with Crippen molar-refractivity contribution in [2.45, 2.75) is 24.0 Å². The number of morpholine rings is 1. The Hall–Kier alpha value is -0.960. The quantitative estimate of drug-likeness (QED) is 0.806. The van der Waals surface area contributed by atoms with Crippen molar-refractivity contribution in [1.29, 1.82) is 0 Å². The largest absolute Gasteiger partial charge is 0.378 e. The van der Waals surface area contributed by atoms with Gasteiger partial charge in [0.15, 0.2) is 0 Å². The zero-order chi connectivity index (χ0) is 17.2. The molecule has 134 valence electrons. The van der Waals surface area contributed by atoms with Gasteiger partial charge in [0.05, 0.1) is 13.2 Å². The van der Waals surface area contributed by atoms with E-state index in [1.54, 1.807) is 21.8 Å². The lowest BCUT2D eigenvalue weighted by Crippen LogP contribution is -2.47. The lowest BCUT2D eigenvalue weighted by Gasteiger charge is -2.36. The maximum Gasteiger partial charge on any atom is 0.252 e. The van der Waals surface area contributed by atoms with E-state index >= 15 is 0 Å². The number of sulfonamides is 1. The van der Waals surface area contributed by atoms with E-state index in [0.29, 0.717) is 43.6 Å². The number of piperidine rings is 1. The minimum atomic E-state index is -3.37. The number of carbonyl (C=O) groups is 1. The van der Waals surface area contributed by atoms with E-state index in [4.69, 9.17) is 4.74 Å². The predicted octanol–water partition coefficient (Wildman–Crippen LogP) is 1.64. The van der Waals surface area contributed by atoms with Gasteiger partial charge in [0.2, 0.25) is 5.91 Å². The molecule has 2 aliphatic heterocycles. The van der Waals surface area contributed by atoms with Crippen molar-refractivity contribution in [2.75, 3.05) is 39.4 Å². The first-order valence-corrected chi connectivity index (χ1v) is 10.7. The molecular weight excluding hydrogens is 348 g/mol. The van der Waals surface area contributed by atoms with Gasteiger partial charge in [-0.15, -0.1) is 11.3 Å². The second kappa shape index (κ2) is 7.51. The van der Waals surface area contributed by atoms with E-state index < -0.39 is 10.0 Å². The number of ether oxygens (including phenoxy) is 1. The third-order valence-electron chi connectivity index (χ3n) is 5.01. The smallest absolute Gasteiger partial charge is 0.252 e. The standard InChI is InChI=1S/C16H24N2O4S2/c1-13(16(19)17-8-10-22-11-9-17)14-4-6-18(7-5-14)24(20,21)15-3-2-12-23-15/h2-3,12-14H,4-11H2,1H3/t13-/m0/s1. The molecule has 0 spiro atoms. The van der Waals surface area contributed by atoms with Crippen LogP contribution in [-0.4, -0.2) is 62.9 Å². The Morgan fingerprint density at radius 2 is 1.92 bits per heavy atom. The van der Waals surface area contributed by atoms with Crippen LogP contribution in [0.25, 0.3) is 0 Å². The molecule has 1 aromatic rings. The molecule has 1 aromatic heterocycles. The van der Waals surface area contributed by atoms with E-state index in [2.05, 4.69) is 0 Å². The number of hydrogen-bond acceptors (Lipinski definition) is 5.